The molecule has 3 nitrogen and oxygen atoms in total. The molecule has 0 bridgehead atoms. The molecule has 0 radical (unpaired) electrons. The van der Waals surface area contributed by atoms with Crippen molar-refractivity contribution < 1.29 is 10.1 Å². The van der Waals surface area contributed by atoms with Crippen LogP contribution >= 0.6 is 0 Å². The Kier molecular flexibility index (Phi) is 5.56. The van der Waals surface area contributed by atoms with Crippen molar-refractivity contribution in [3.05, 3.63) is 71.8 Å². The van der Waals surface area contributed by atoms with Crippen molar-refractivity contribution in [1.29, 1.82) is 0 Å². The summed E-state index contributed by atoms with van der Waals surface area (Å²) >= 11 is 0. The highest BCUT2D eigenvalue weighted by atomic mass is 16.2. The summed E-state index contributed by atoms with van der Waals surface area (Å²) in [6.07, 6.45) is 0. The number of carbonyl (C=O) groups is 1. The number of benzene rings is 2. The normalized spacial score (nSPS) is 12.9. The van der Waals surface area contributed by atoms with Gasteiger partial charge in [-0.2, -0.15) is 0 Å². The van der Waals surface area contributed by atoms with Gasteiger partial charge in [0, 0.05) is 16.7 Å². The molecular formula is C20H27N2O+. The Labute approximate surface area is 139 Å². The first-order chi connectivity index (χ1) is 10.9. The number of hydrogen-bond acceptors (Lipinski definition) is 1. The van der Waals surface area contributed by atoms with E-state index in [1.54, 1.807) is 0 Å². The zero-order valence-corrected chi connectivity index (χ0v) is 14.4. The van der Waals surface area contributed by atoms with Crippen LogP contribution in [0.1, 0.15) is 44.9 Å². The van der Waals surface area contributed by atoms with Gasteiger partial charge < -0.3 is 10.6 Å². The van der Waals surface area contributed by atoms with Crippen LogP contribution in [-0.2, 0) is 4.79 Å². The summed E-state index contributed by atoms with van der Waals surface area (Å²) in [4.78, 5) is 12.4. The first kappa shape index (κ1) is 17.2. The number of nitrogens with one attached hydrogen (secondary N) is 1. The summed E-state index contributed by atoms with van der Waals surface area (Å²) < 4.78 is 0. The zero-order valence-electron chi connectivity index (χ0n) is 14.4. The molecule has 0 aliphatic carbocycles. The molecule has 0 heterocycles. The Bertz CT molecular complexity index is 578. The Hall–Kier alpha value is -2.13. The minimum absolute atomic E-state index is 0.0642. The summed E-state index contributed by atoms with van der Waals surface area (Å²) in [5.41, 5.74) is 2.19. The minimum Gasteiger partial charge on any atom is -0.346 e. The highest BCUT2D eigenvalue weighted by molar-refractivity contribution is 5.80. The first-order valence-corrected chi connectivity index (χ1v) is 8.14. The van der Waals surface area contributed by atoms with E-state index in [0.29, 0.717) is 0 Å². The summed E-state index contributed by atoms with van der Waals surface area (Å²) in [5.74, 6) is 0.0642. The molecule has 0 saturated heterocycles. The maximum atomic E-state index is 12.4. The molecule has 122 valence electrons. The van der Waals surface area contributed by atoms with Crippen molar-refractivity contribution in [2.24, 2.45) is 0 Å². The molecule has 2 rings (SSSR count). The number of hydrogen-bond donors (Lipinski definition) is 2. The Morgan fingerprint density at radius 1 is 0.913 bits per heavy atom. The Morgan fingerprint density at radius 3 is 1.74 bits per heavy atom. The van der Waals surface area contributed by atoms with Crippen molar-refractivity contribution in [3.63, 3.8) is 0 Å². The summed E-state index contributed by atoms with van der Waals surface area (Å²) in [6.45, 7) is 7.97. The van der Waals surface area contributed by atoms with Gasteiger partial charge in [-0.1, -0.05) is 60.7 Å². The molecule has 0 aromatic heterocycles. The number of nitrogens with two attached hydrogens (primary N) is 1. The second kappa shape index (κ2) is 7.42. The molecule has 2 aromatic carbocycles. The summed E-state index contributed by atoms with van der Waals surface area (Å²) in [7, 11) is 0. The Morgan fingerprint density at radius 2 is 1.35 bits per heavy atom. The highest BCUT2D eigenvalue weighted by Crippen LogP contribution is 2.18. The van der Waals surface area contributed by atoms with Crippen LogP contribution in [0.3, 0.4) is 0 Å². The molecule has 2 aromatic rings. The maximum absolute atomic E-state index is 12.4. The predicted molar refractivity (Wildman–Crippen MR) is 94.0 cm³/mol. The smallest absolute Gasteiger partial charge is 0.278 e. The average molecular weight is 311 g/mol. The van der Waals surface area contributed by atoms with Gasteiger partial charge in [-0.15, -0.1) is 0 Å². The molecule has 23 heavy (non-hydrogen) atoms. The standard InChI is InChI=1S/C20H26N2O/c1-15(19(23)22-20(2,3)4)21-18(16-11-7-5-8-12-16)17-13-9-6-10-14-17/h5-15,18,21H,1-4H3,(H,22,23)/p+1/t15-/m1/s1. The van der Waals surface area contributed by atoms with E-state index in [0.717, 1.165) is 0 Å². The van der Waals surface area contributed by atoms with Gasteiger partial charge in [0.15, 0.2) is 6.04 Å². The van der Waals surface area contributed by atoms with Crippen LogP contribution < -0.4 is 10.6 Å². The molecule has 0 aliphatic heterocycles. The lowest BCUT2D eigenvalue weighted by Crippen LogP contribution is -2.93. The fourth-order valence-electron chi connectivity index (χ4n) is 2.59. The van der Waals surface area contributed by atoms with Crippen LogP contribution in [0.2, 0.25) is 0 Å². The number of rotatable bonds is 5. The lowest BCUT2D eigenvalue weighted by molar-refractivity contribution is -0.704. The summed E-state index contributed by atoms with van der Waals surface area (Å²) in [6, 6.07) is 20.6. The Balaban J connectivity index is 2.21. The van der Waals surface area contributed by atoms with Gasteiger partial charge in [0.2, 0.25) is 0 Å². The van der Waals surface area contributed by atoms with Crippen molar-refractivity contribution in [1.82, 2.24) is 5.32 Å². The lowest BCUT2D eigenvalue weighted by Gasteiger charge is -2.25. The van der Waals surface area contributed by atoms with E-state index >= 15 is 0 Å². The fraction of sp³-hybridized carbons (Fsp3) is 0.350. The van der Waals surface area contributed by atoms with Gasteiger partial charge in [0.05, 0.1) is 0 Å². The monoisotopic (exact) mass is 311 g/mol. The molecule has 3 N–H and O–H groups in total. The maximum Gasteiger partial charge on any atom is 0.278 e. The lowest BCUT2D eigenvalue weighted by atomic mass is 9.97. The van der Waals surface area contributed by atoms with E-state index < -0.39 is 0 Å². The average Bonchev–Trinajstić information content (AvgIpc) is 2.52. The van der Waals surface area contributed by atoms with Crippen LogP contribution in [0, 0.1) is 0 Å². The van der Waals surface area contributed by atoms with Crippen molar-refractivity contribution in [2.45, 2.75) is 45.3 Å². The third-order valence-corrected chi connectivity index (χ3v) is 3.71. The van der Waals surface area contributed by atoms with Gasteiger partial charge in [-0.3, -0.25) is 4.79 Å². The third-order valence-electron chi connectivity index (χ3n) is 3.71. The fourth-order valence-corrected chi connectivity index (χ4v) is 2.59. The molecular weight excluding hydrogens is 284 g/mol. The van der Waals surface area contributed by atoms with Crippen LogP contribution in [0.4, 0.5) is 0 Å². The molecule has 0 unspecified atom stereocenters. The minimum atomic E-state index is -0.214. The molecule has 1 amide bonds. The summed E-state index contributed by atoms with van der Waals surface area (Å²) in [5, 5.41) is 5.19. The van der Waals surface area contributed by atoms with Gasteiger partial charge in [-0.25, -0.2) is 0 Å². The zero-order chi connectivity index (χ0) is 16.9. The number of amides is 1. The molecule has 3 heteroatoms. The van der Waals surface area contributed by atoms with Gasteiger partial charge in [0.1, 0.15) is 6.04 Å². The molecule has 0 spiro atoms. The molecule has 0 aliphatic rings. The number of quaternary nitrogens is 1. The van der Waals surface area contributed by atoms with Crippen LogP contribution in [0.25, 0.3) is 0 Å². The van der Waals surface area contributed by atoms with E-state index in [1.807, 2.05) is 64.1 Å². The van der Waals surface area contributed by atoms with Crippen molar-refractivity contribution in [2.75, 3.05) is 0 Å². The molecule has 0 fully saturated rings. The van der Waals surface area contributed by atoms with Crippen LogP contribution in [0.15, 0.2) is 60.7 Å². The van der Waals surface area contributed by atoms with E-state index in [9.17, 15) is 4.79 Å². The predicted octanol–water partition coefficient (Wildman–Crippen LogP) is 2.64. The second-order valence-electron chi connectivity index (χ2n) is 7.02. The van der Waals surface area contributed by atoms with Crippen molar-refractivity contribution >= 4 is 5.91 Å². The van der Waals surface area contributed by atoms with Gasteiger partial charge in [0.25, 0.3) is 5.91 Å². The number of carbonyl (C=O) groups excluding carboxylic acids is 1. The van der Waals surface area contributed by atoms with E-state index in [4.69, 9.17) is 0 Å². The topological polar surface area (TPSA) is 45.7 Å². The van der Waals surface area contributed by atoms with E-state index in [1.165, 1.54) is 11.1 Å². The van der Waals surface area contributed by atoms with Gasteiger partial charge in [-0.05, 0) is 27.7 Å². The van der Waals surface area contributed by atoms with Gasteiger partial charge >= 0.3 is 0 Å². The quantitative estimate of drug-likeness (QED) is 0.876. The van der Waals surface area contributed by atoms with E-state index in [-0.39, 0.29) is 23.5 Å². The van der Waals surface area contributed by atoms with Crippen molar-refractivity contribution in [3.8, 4) is 0 Å². The van der Waals surface area contributed by atoms with E-state index in [2.05, 4.69) is 34.9 Å². The third kappa shape index (κ3) is 5.22. The highest BCUT2D eigenvalue weighted by Gasteiger charge is 2.26. The first-order valence-electron chi connectivity index (χ1n) is 8.14. The SMILES string of the molecule is C[C@@H]([NH2+]C(c1ccccc1)c1ccccc1)C(=O)NC(C)(C)C. The van der Waals surface area contributed by atoms with Crippen LogP contribution in [-0.4, -0.2) is 17.5 Å². The molecule has 1 atom stereocenters. The molecule has 0 saturated carbocycles. The largest absolute Gasteiger partial charge is 0.346 e. The van der Waals surface area contributed by atoms with Crippen LogP contribution in [0.5, 0.6) is 0 Å². The second-order valence-corrected chi connectivity index (χ2v) is 7.02.